The Morgan fingerprint density at radius 2 is 2.40 bits per heavy atom. The van der Waals surface area contributed by atoms with Gasteiger partial charge in [-0.2, -0.15) is 9.47 Å². The third-order valence-corrected chi connectivity index (χ3v) is 3.66. The third-order valence-electron chi connectivity index (χ3n) is 2.97. The Balaban J connectivity index is 1.53. The second kappa shape index (κ2) is 5.49. The van der Waals surface area contributed by atoms with Gasteiger partial charge in [0, 0.05) is 18.8 Å². The summed E-state index contributed by atoms with van der Waals surface area (Å²) < 4.78 is 10.8. The van der Waals surface area contributed by atoms with Crippen LogP contribution < -0.4 is 15.4 Å². The molecule has 0 bridgehead atoms. The van der Waals surface area contributed by atoms with Crippen molar-refractivity contribution in [2.24, 2.45) is 5.92 Å². The van der Waals surface area contributed by atoms with E-state index in [4.69, 9.17) is 4.74 Å². The van der Waals surface area contributed by atoms with E-state index in [0.29, 0.717) is 16.6 Å². The van der Waals surface area contributed by atoms with Crippen molar-refractivity contribution in [3.63, 3.8) is 0 Å². The molecule has 2 amide bonds. The van der Waals surface area contributed by atoms with E-state index >= 15 is 0 Å². The Morgan fingerprint density at radius 3 is 3.10 bits per heavy atom. The first-order valence-corrected chi connectivity index (χ1v) is 7.11. The van der Waals surface area contributed by atoms with Crippen molar-refractivity contribution in [2.45, 2.75) is 19.4 Å². The quantitative estimate of drug-likeness (QED) is 0.887. The van der Waals surface area contributed by atoms with Gasteiger partial charge in [0.15, 0.2) is 0 Å². The zero-order valence-electron chi connectivity index (χ0n) is 11.0. The summed E-state index contributed by atoms with van der Waals surface area (Å²) in [6.45, 7) is 0.926. The standard InChI is InChI=1S/C12H15N5O2S/c1-19-10-4-11(20-16-10)15-12(18)14-9-5-13-17(7-9)6-8-2-3-8/h4-5,7-8H,2-3,6H2,1H3,(H2,14,15,18). The van der Waals surface area contributed by atoms with Crippen LogP contribution in [0.1, 0.15) is 12.8 Å². The van der Waals surface area contributed by atoms with Crippen LogP contribution in [-0.2, 0) is 6.54 Å². The van der Waals surface area contributed by atoms with Crippen molar-refractivity contribution < 1.29 is 9.53 Å². The fraction of sp³-hybridized carbons (Fsp3) is 0.417. The molecule has 1 aliphatic carbocycles. The van der Waals surface area contributed by atoms with Crippen molar-refractivity contribution >= 4 is 28.3 Å². The minimum Gasteiger partial charge on any atom is -0.480 e. The van der Waals surface area contributed by atoms with Gasteiger partial charge in [0.2, 0.25) is 5.88 Å². The van der Waals surface area contributed by atoms with Crippen molar-refractivity contribution in [3.8, 4) is 5.88 Å². The van der Waals surface area contributed by atoms with Gasteiger partial charge in [0.1, 0.15) is 5.00 Å². The minimum absolute atomic E-state index is 0.317. The number of nitrogens with one attached hydrogen (secondary N) is 2. The van der Waals surface area contributed by atoms with Gasteiger partial charge in [0.25, 0.3) is 0 Å². The van der Waals surface area contributed by atoms with E-state index < -0.39 is 0 Å². The maximum absolute atomic E-state index is 11.8. The molecule has 20 heavy (non-hydrogen) atoms. The molecule has 1 saturated carbocycles. The van der Waals surface area contributed by atoms with Gasteiger partial charge in [-0.1, -0.05) is 0 Å². The molecular formula is C12H15N5O2S. The first-order valence-electron chi connectivity index (χ1n) is 6.34. The lowest BCUT2D eigenvalue weighted by atomic mass is 10.4. The van der Waals surface area contributed by atoms with Gasteiger partial charge in [-0.15, -0.1) is 0 Å². The number of amides is 2. The van der Waals surface area contributed by atoms with Gasteiger partial charge >= 0.3 is 6.03 Å². The highest BCUT2D eigenvalue weighted by Crippen LogP contribution is 2.30. The summed E-state index contributed by atoms with van der Waals surface area (Å²) in [5.74, 6) is 1.24. The van der Waals surface area contributed by atoms with Crippen LogP contribution >= 0.6 is 11.5 Å². The molecule has 0 aromatic carbocycles. The summed E-state index contributed by atoms with van der Waals surface area (Å²) in [5, 5.41) is 10.3. The molecule has 0 saturated heterocycles. The van der Waals surface area contributed by atoms with Crippen LogP contribution in [0.2, 0.25) is 0 Å². The van der Waals surface area contributed by atoms with Crippen LogP contribution in [0.15, 0.2) is 18.5 Å². The zero-order chi connectivity index (χ0) is 13.9. The van der Waals surface area contributed by atoms with E-state index in [-0.39, 0.29) is 6.03 Å². The number of methoxy groups -OCH3 is 1. The van der Waals surface area contributed by atoms with E-state index in [2.05, 4.69) is 20.1 Å². The molecule has 2 aromatic rings. The molecule has 2 heterocycles. The Labute approximate surface area is 120 Å². The van der Waals surface area contributed by atoms with E-state index in [1.807, 2.05) is 10.9 Å². The van der Waals surface area contributed by atoms with Crippen LogP contribution in [0.5, 0.6) is 5.88 Å². The molecule has 0 spiro atoms. The molecule has 0 radical (unpaired) electrons. The summed E-state index contributed by atoms with van der Waals surface area (Å²) in [6, 6.07) is 1.35. The number of hydrogen-bond acceptors (Lipinski definition) is 5. The van der Waals surface area contributed by atoms with Gasteiger partial charge in [-0.05, 0) is 30.3 Å². The second-order valence-electron chi connectivity index (χ2n) is 4.71. The smallest absolute Gasteiger partial charge is 0.324 e. The van der Waals surface area contributed by atoms with Crippen LogP contribution in [0.3, 0.4) is 0 Å². The first kappa shape index (κ1) is 12.9. The number of rotatable bonds is 5. The van der Waals surface area contributed by atoms with Gasteiger partial charge in [0.05, 0.1) is 19.0 Å². The number of ether oxygens (including phenoxy) is 1. The molecule has 1 aliphatic rings. The van der Waals surface area contributed by atoms with E-state index in [1.165, 1.54) is 31.5 Å². The van der Waals surface area contributed by atoms with Crippen molar-refractivity contribution in [2.75, 3.05) is 17.7 Å². The predicted octanol–water partition coefficient (Wildman–Crippen LogP) is 2.40. The first-order chi connectivity index (χ1) is 9.72. The summed E-state index contributed by atoms with van der Waals surface area (Å²) in [6.07, 6.45) is 6.03. The fourth-order valence-corrected chi connectivity index (χ4v) is 2.39. The Kier molecular flexibility index (Phi) is 3.55. The normalized spacial score (nSPS) is 14.1. The van der Waals surface area contributed by atoms with Gasteiger partial charge in [-0.25, -0.2) is 4.79 Å². The summed E-state index contributed by atoms with van der Waals surface area (Å²) >= 11 is 1.17. The maximum Gasteiger partial charge on any atom is 0.324 e. The topological polar surface area (TPSA) is 81.1 Å². The maximum atomic E-state index is 11.8. The number of carbonyl (C=O) groups is 1. The Hall–Kier alpha value is -2.09. The van der Waals surface area contributed by atoms with Crippen molar-refractivity contribution in [3.05, 3.63) is 18.5 Å². The lowest BCUT2D eigenvalue weighted by molar-refractivity contribution is 0.262. The molecule has 0 atom stereocenters. The molecule has 106 valence electrons. The van der Waals surface area contributed by atoms with Crippen molar-refractivity contribution in [1.82, 2.24) is 14.2 Å². The van der Waals surface area contributed by atoms with E-state index in [9.17, 15) is 4.79 Å². The highest BCUT2D eigenvalue weighted by Gasteiger charge is 2.22. The summed E-state index contributed by atoms with van der Waals surface area (Å²) in [5.41, 5.74) is 0.680. The molecule has 8 heteroatoms. The highest BCUT2D eigenvalue weighted by atomic mass is 32.1. The molecule has 0 unspecified atom stereocenters. The third kappa shape index (κ3) is 3.27. The minimum atomic E-state index is -0.317. The highest BCUT2D eigenvalue weighted by molar-refractivity contribution is 7.10. The molecule has 1 fully saturated rings. The fourth-order valence-electron chi connectivity index (χ4n) is 1.78. The lowest BCUT2D eigenvalue weighted by Gasteiger charge is -2.02. The number of carbonyl (C=O) groups excluding carboxylic acids is 1. The number of anilines is 2. The molecule has 3 rings (SSSR count). The van der Waals surface area contributed by atoms with Crippen LogP contribution in [-0.4, -0.2) is 27.3 Å². The molecule has 0 aliphatic heterocycles. The largest absolute Gasteiger partial charge is 0.480 e. The number of nitrogens with zero attached hydrogens (tertiary/aromatic N) is 3. The number of hydrogen-bond donors (Lipinski definition) is 2. The van der Waals surface area contributed by atoms with Crippen LogP contribution in [0, 0.1) is 5.92 Å². The number of urea groups is 1. The average Bonchev–Trinajstić information content (AvgIpc) is 2.94. The summed E-state index contributed by atoms with van der Waals surface area (Å²) in [7, 11) is 1.53. The zero-order valence-corrected chi connectivity index (χ0v) is 11.8. The average molecular weight is 293 g/mol. The number of aromatic nitrogens is 3. The molecular weight excluding hydrogens is 278 g/mol. The van der Waals surface area contributed by atoms with Crippen LogP contribution in [0.25, 0.3) is 0 Å². The van der Waals surface area contributed by atoms with Crippen LogP contribution in [0.4, 0.5) is 15.5 Å². The molecule has 2 aromatic heterocycles. The monoisotopic (exact) mass is 293 g/mol. The second-order valence-corrected chi connectivity index (χ2v) is 5.51. The molecule has 7 nitrogen and oxygen atoms in total. The molecule has 2 N–H and O–H groups in total. The Bertz CT molecular complexity index is 605. The Morgan fingerprint density at radius 1 is 1.55 bits per heavy atom. The van der Waals surface area contributed by atoms with Crippen molar-refractivity contribution in [1.29, 1.82) is 0 Å². The lowest BCUT2D eigenvalue weighted by Crippen LogP contribution is -2.18. The van der Waals surface area contributed by atoms with E-state index in [1.54, 1.807) is 12.3 Å². The SMILES string of the molecule is COc1cc(NC(=O)Nc2cnn(CC3CC3)c2)sn1. The van der Waals surface area contributed by atoms with Gasteiger partial charge in [-0.3, -0.25) is 10.00 Å². The van der Waals surface area contributed by atoms with Gasteiger partial charge < -0.3 is 10.1 Å². The predicted molar refractivity (Wildman–Crippen MR) is 76.3 cm³/mol. The van der Waals surface area contributed by atoms with E-state index in [0.717, 1.165) is 12.5 Å². The summed E-state index contributed by atoms with van der Waals surface area (Å²) in [4.78, 5) is 11.8.